The highest BCUT2D eigenvalue weighted by Gasteiger charge is 2.19. The van der Waals surface area contributed by atoms with Crippen molar-refractivity contribution in [2.24, 2.45) is 0 Å². The molecule has 0 aromatic carbocycles. The Morgan fingerprint density at radius 1 is 0.273 bits per heavy atom. The molecule has 0 rings (SSSR count). The molecule has 0 saturated heterocycles. The van der Waals surface area contributed by atoms with Gasteiger partial charge in [-0.05, 0) is 103 Å². The van der Waals surface area contributed by atoms with E-state index in [2.05, 4.69) is 142 Å². The van der Waals surface area contributed by atoms with Gasteiger partial charge in [-0.2, -0.15) is 0 Å². The van der Waals surface area contributed by atoms with E-state index in [1.807, 2.05) is 0 Å². The van der Waals surface area contributed by atoms with Gasteiger partial charge in [0.1, 0.15) is 13.2 Å². The lowest BCUT2D eigenvalue weighted by Gasteiger charge is -2.18. The van der Waals surface area contributed by atoms with Crippen LogP contribution in [0.2, 0.25) is 0 Å². The van der Waals surface area contributed by atoms with Gasteiger partial charge in [0.15, 0.2) is 6.10 Å². The molecular weight excluding hydrogens is 949 g/mol. The summed E-state index contributed by atoms with van der Waals surface area (Å²) in [7, 11) is 0. The first kappa shape index (κ1) is 72.8. The molecule has 6 heteroatoms. The van der Waals surface area contributed by atoms with E-state index in [1.165, 1.54) is 128 Å². The number of rotatable bonds is 57. The molecule has 77 heavy (non-hydrogen) atoms. The first-order valence-electron chi connectivity index (χ1n) is 32.0. The molecule has 0 aliphatic rings. The maximum Gasteiger partial charge on any atom is 0.306 e. The SMILES string of the molecule is CC/C=C\C/C=C\C/C=C\C/C=C\C/C=C\C/C=C\C/C=C\C/C=C\C/C=C\CCCC(=O)OCC(COC(=O)CCCCCCC/C=C\CCCC)OC(=O)CCCCCCCCCCCCCCCCCCCCC. The third-order valence-corrected chi connectivity index (χ3v) is 13.5. The highest BCUT2D eigenvalue weighted by atomic mass is 16.6. The van der Waals surface area contributed by atoms with Crippen molar-refractivity contribution in [2.45, 2.75) is 297 Å². The van der Waals surface area contributed by atoms with E-state index < -0.39 is 6.10 Å². The van der Waals surface area contributed by atoms with Crippen LogP contribution in [0.5, 0.6) is 0 Å². The molecule has 1 atom stereocenters. The predicted octanol–water partition coefficient (Wildman–Crippen LogP) is 22.0. The lowest BCUT2D eigenvalue weighted by atomic mass is 10.0. The average Bonchev–Trinajstić information content (AvgIpc) is 3.43. The van der Waals surface area contributed by atoms with Gasteiger partial charge in [0.25, 0.3) is 0 Å². The summed E-state index contributed by atoms with van der Waals surface area (Å²) < 4.78 is 16.8. The number of unbranched alkanes of at least 4 members (excludes halogenated alkanes) is 26. The standard InChI is InChI=1S/C71H118O6/c1-4-7-10-13-16-19-22-24-26-28-30-31-32-33-34-35-36-37-38-39-41-42-44-46-49-52-55-58-61-64-70(73)76-67-68(66-75-69(72)63-60-57-54-51-48-21-18-15-12-9-6-3)77-71(74)65-62-59-56-53-50-47-45-43-40-29-27-25-23-20-17-14-11-8-5-2/h7,10,15-16,18-19,24,26,30-31,33-34,36-37,39,41,44,46,52,55,68H,4-6,8-9,11-14,17,20-23,25,27-29,32,35,38,40,42-43,45,47-51,53-54,56-67H2,1-3H3/b10-7-,18-15-,19-16-,26-24-,31-30-,34-33-,37-36-,41-39-,46-44-,55-52-. The van der Waals surface area contributed by atoms with E-state index in [1.54, 1.807) is 0 Å². The van der Waals surface area contributed by atoms with Crippen molar-refractivity contribution < 1.29 is 28.6 Å². The second-order valence-corrected chi connectivity index (χ2v) is 20.9. The highest BCUT2D eigenvalue weighted by Crippen LogP contribution is 2.16. The summed E-state index contributed by atoms with van der Waals surface area (Å²) >= 11 is 0. The molecule has 0 heterocycles. The number of hydrogen-bond donors (Lipinski definition) is 0. The van der Waals surface area contributed by atoms with Crippen molar-refractivity contribution in [3.8, 4) is 0 Å². The summed E-state index contributed by atoms with van der Waals surface area (Å²) in [4.78, 5) is 38.2. The number of carbonyl (C=O) groups is 3. The van der Waals surface area contributed by atoms with E-state index in [-0.39, 0.29) is 37.5 Å². The minimum Gasteiger partial charge on any atom is -0.462 e. The number of allylic oxidation sites excluding steroid dienone is 20. The van der Waals surface area contributed by atoms with Crippen LogP contribution in [-0.2, 0) is 28.6 Å². The van der Waals surface area contributed by atoms with Crippen molar-refractivity contribution in [1.29, 1.82) is 0 Å². The maximum absolute atomic E-state index is 12.9. The Kier molecular flexibility index (Phi) is 60.8. The van der Waals surface area contributed by atoms with Crippen LogP contribution in [0.15, 0.2) is 122 Å². The van der Waals surface area contributed by atoms with Gasteiger partial charge in [0.2, 0.25) is 0 Å². The Labute approximate surface area is 475 Å². The monoisotopic (exact) mass is 1070 g/mol. The minimum atomic E-state index is -0.806. The van der Waals surface area contributed by atoms with Crippen LogP contribution in [0.1, 0.15) is 290 Å². The van der Waals surface area contributed by atoms with Gasteiger partial charge in [-0.15, -0.1) is 0 Å². The van der Waals surface area contributed by atoms with E-state index >= 15 is 0 Å². The Morgan fingerprint density at radius 3 is 0.896 bits per heavy atom. The van der Waals surface area contributed by atoms with Crippen LogP contribution in [0.25, 0.3) is 0 Å². The van der Waals surface area contributed by atoms with Crippen LogP contribution < -0.4 is 0 Å². The zero-order valence-corrected chi connectivity index (χ0v) is 50.2. The summed E-state index contributed by atoms with van der Waals surface area (Å²) in [6.07, 6.45) is 89.3. The molecule has 1 unspecified atom stereocenters. The molecule has 0 aromatic rings. The third-order valence-electron chi connectivity index (χ3n) is 13.5. The molecule has 0 spiro atoms. The topological polar surface area (TPSA) is 78.9 Å². The molecule has 0 aromatic heterocycles. The van der Waals surface area contributed by atoms with Gasteiger partial charge < -0.3 is 14.2 Å². The van der Waals surface area contributed by atoms with E-state index in [4.69, 9.17) is 14.2 Å². The van der Waals surface area contributed by atoms with Gasteiger partial charge >= 0.3 is 17.9 Å². The average molecular weight is 1070 g/mol. The summed E-state index contributed by atoms with van der Waals surface area (Å²) in [5, 5.41) is 0. The Hall–Kier alpha value is -4.19. The van der Waals surface area contributed by atoms with Crippen LogP contribution >= 0.6 is 0 Å². The largest absolute Gasteiger partial charge is 0.462 e. The van der Waals surface area contributed by atoms with Gasteiger partial charge in [-0.3, -0.25) is 14.4 Å². The fraction of sp³-hybridized carbons (Fsp3) is 0.676. The first-order valence-corrected chi connectivity index (χ1v) is 32.0. The number of hydrogen-bond acceptors (Lipinski definition) is 6. The second kappa shape index (κ2) is 64.3. The number of carbonyl (C=O) groups excluding carboxylic acids is 3. The molecule has 0 saturated carbocycles. The van der Waals surface area contributed by atoms with Crippen molar-refractivity contribution >= 4 is 17.9 Å². The zero-order chi connectivity index (χ0) is 55.7. The van der Waals surface area contributed by atoms with Crippen molar-refractivity contribution in [2.75, 3.05) is 13.2 Å². The lowest BCUT2D eigenvalue weighted by Crippen LogP contribution is -2.30. The molecule has 0 radical (unpaired) electrons. The summed E-state index contributed by atoms with van der Waals surface area (Å²) in [5.41, 5.74) is 0. The second-order valence-electron chi connectivity index (χ2n) is 20.9. The summed E-state index contributed by atoms with van der Waals surface area (Å²) in [5.74, 6) is -0.966. The van der Waals surface area contributed by atoms with Crippen molar-refractivity contribution in [1.82, 2.24) is 0 Å². The predicted molar refractivity (Wildman–Crippen MR) is 334 cm³/mol. The first-order chi connectivity index (χ1) is 38.0. The maximum atomic E-state index is 12.9. The smallest absolute Gasteiger partial charge is 0.306 e. The summed E-state index contributed by atoms with van der Waals surface area (Å²) in [6.45, 7) is 6.45. The van der Waals surface area contributed by atoms with E-state index in [0.29, 0.717) is 19.3 Å². The lowest BCUT2D eigenvalue weighted by molar-refractivity contribution is -0.167. The molecule has 0 N–H and O–H groups in total. The van der Waals surface area contributed by atoms with Crippen LogP contribution in [0, 0.1) is 0 Å². The van der Waals surface area contributed by atoms with Crippen LogP contribution in [-0.4, -0.2) is 37.2 Å². The summed E-state index contributed by atoms with van der Waals surface area (Å²) in [6, 6.07) is 0. The Bertz CT molecular complexity index is 1600. The zero-order valence-electron chi connectivity index (χ0n) is 50.2. The normalized spacial score (nSPS) is 12.9. The van der Waals surface area contributed by atoms with Gasteiger partial charge in [-0.25, -0.2) is 0 Å². The molecule has 0 amide bonds. The van der Waals surface area contributed by atoms with Gasteiger partial charge in [0, 0.05) is 19.3 Å². The van der Waals surface area contributed by atoms with Crippen molar-refractivity contribution in [3.63, 3.8) is 0 Å². The van der Waals surface area contributed by atoms with Crippen LogP contribution in [0.4, 0.5) is 0 Å². The quantitative estimate of drug-likeness (QED) is 0.0261. The van der Waals surface area contributed by atoms with Crippen molar-refractivity contribution in [3.05, 3.63) is 122 Å². The molecule has 438 valence electrons. The Morgan fingerprint density at radius 2 is 0.532 bits per heavy atom. The van der Waals surface area contributed by atoms with E-state index in [9.17, 15) is 14.4 Å². The number of esters is 3. The molecule has 0 aliphatic carbocycles. The van der Waals surface area contributed by atoms with Gasteiger partial charge in [-0.1, -0.05) is 290 Å². The van der Waals surface area contributed by atoms with Crippen LogP contribution in [0.3, 0.4) is 0 Å². The molecule has 0 aliphatic heterocycles. The molecular formula is C71H118O6. The van der Waals surface area contributed by atoms with Gasteiger partial charge in [0.05, 0.1) is 0 Å². The molecule has 0 fully saturated rings. The van der Waals surface area contributed by atoms with E-state index in [0.717, 1.165) is 116 Å². The highest BCUT2D eigenvalue weighted by molar-refractivity contribution is 5.71. The third kappa shape index (κ3) is 62.5. The Balaban J connectivity index is 4.39. The molecule has 0 bridgehead atoms. The minimum absolute atomic E-state index is 0.100. The molecule has 6 nitrogen and oxygen atoms in total. The fourth-order valence-electron chi connectivity index (χ4n) is 8.66. The fourth-order valence-corrected chi connectivity index (χ4v) is 8.66. The number of ether oxygens (including phenoxy) is 3.